The smallest absolute Gasteiger partial charge is 0.287 e. The number of hydrogen-bond acceptors (Lipinski definition) is 5. The maximum absolute atomic E-state index is 12.4. The van der Waals surface area contributed by atoms with Gasteiger partial charge in [-0.2, -0.15) is 11.3 Å². The summed E-state index contributed by atoms with van der Waals surface area (Å²) in [5, 5.41) is 7.03. The second kappa shape index (κ2) is 8.16. The molecule has 0 radical (unpaired) electrons. The lowest BCUT2D eigenvalue weighted by atomic mass is 10.1. The fourth-order valence-corrected chi connectivity index (χ4v) is 3.39. The Bertz CT molecular complexity index is 912. The predicted molar refractivity (Wildman–Crippen MR) is 102 cm³/mol. The van der Waals surface area contributed by atoms with Gasteiger partial charge in [-0.1, -0.05) is 6.07 Å². The molecule has 6 nitrogen and oxygen atoms in total. The summed E-state index contributed by atoms with van der Waals surface area (Å²) in [4.78, 5) is 26.2. The molecule has 0 aliphatic rings. The predicted octanol–water partition coefficient (Wildman–Crippen LogP) is 2.58. The molecule has 3 rings (SSSR count). The van der Waals surface area contributed by atoms with Crippen LogP contribution in [0.1, 0.15) is 27.9 Å². The Labute approximate surface area is 155 Å². The zero-order valence-electron chi connectivity index (χ0n) is 14.7. The monoisotopic (exact) mass is 371 g/mol. The van der Waals surface area contributed by atoms with Crippen LogP contribution in [0.25, 0.3) is 0 Å². The third-order valence-electron chi connectivity index (χ3n) is 4.12. The van der Waals surface area contributed by atoms with E-state index in [1.165, 1.54) is 16.2 Å². The second-order valence-corrected chi connectivity index (χ2v) is 6.96. The fourth-order valence-electron chi connectivity index (χ4n) is 2.68. The highest BCUT2D eigenvalue weighted by molar-refractivity contribution is 7.07. The lowest BCUT2D eigenvalue weighted by Gasteiger charge is -2.23. The van der Waals surface area contributed by atoms with Gasteiger partial charge in [-0.05, 0) is 54.7 Å². The third-order valence-corrected chi connectivity index (χ3v) is 4.82. The summed E-state index contributed by atoms with van der Waals surface area (Å²) in [6, 6.07) is 10.5. The lowest BCUT2D eigenvalue weighted by Crippen LogP contribution is -2.34. The van der Waals surface area contributed by atoms with E-state index in [0.29, 0.717) is 18.8 Å². The van der Waals surface area contributed by atoms with E-state index in [2.05, 4.69) is 21.7 Å². The van der Waals surface area contributed by atoms with Crippen molar-refractivity contribution in [2.24, 2.45) is 0 Å². The minimum Gasteiger partial charge on any atom is -0.454 e. The maximum atomic E-state index is 12.4. The quantitative estimate of drug-likeness (QED) is 0.693. The zero-order chi connectivity index (χ0) is 18.5. The largest absolute Gasteiger partial charge is 0.454 e. The number of likely N-dealkylation sites (N-methyl/N-ethyl adjacent to an activating group) is 1. The van der Waals surface area contributed by atoms with Gasteiger partial charge in [-0.25, -0.2) is 0 Å². The molecule has 3 aromatic rings. The average Bonchev–Trinajstić information content (AvgIpc) is 3.29. The Morgan fingerprint density at radius 3 is 2.81 bits per heavy atom. The lowest BCUT2D eigenvalue weighted by molar-refractivity contribution is 0.0912. The van der Waals surface area contributed by atoms with Crippen molar-refractivity contribution in [3.05, 3.63) is 80.8 Å². The number of carbonyl (C=O) groups excluding carboxylic acids is 1. The maximum Gasteiger partial charge on any atom is 0.287 e. The number of furan rings is 1. The molecule has 7 heteroatoms. The van der Waals surface area contributed by atoms with Crippen molar-refractivity contribution in [2.75, 3.05) is 20.6 Å². The first-order valence-corrected chi connectivity index (χ1v) is 9.20. The van der Waals surface area contributed by atoms with Crippen molar-refractivity contribution in [2.45, 2.75) is 12.6 Å². The van der Waals surface area contributed by atoms with E-state index >= 15 is 0 Å². The molecule has 1 amide bonds. The first kappa shape index (κ1) is 18.2. The van der Waals surface area contributed by atoms with E-state index in [0.717, 1.165) is 0 Å². The number of aromatic nitrogens is 1. The molecule has 0 aliphatic heterocycles. The molecule has 3 aromatic heterocycles. The Balaban J connectivity index is 1.63. The van der Waals surface area contributed by atoms with Crippen molar-refractivity contribution >= 4 is 17.2 Å². The van der Waals surface area contributed by atoms with Gasteiger partial charge >= 0.3 is 0 Å². The van der Waals surface area contributed by atoms with Crippen LogP contribution in [0, 0.1) is 0 Å². The van der Waals surface area contributed by atoms with E-state index < -0.39 is 0 Å². The Hall–Kier alpha value is -2.64. The van der Waals surface area contributed by atoms with Gasteiger partial charge in [0.25, 0.3) is 11.5 Å². The van der Waals surface area contributed by atoms with Crippen LogP contribution in [0.4, 0.5) is 0 Å². The Morgan fingerprint density at radius 1 is 1.27 bits per heavy atom. The van der Waals surface area contributed by atoms with Crippen LogP contribution in [0.5, 0.6) is 0 Å². The van der Waals surface area contributed by atoms with E-state index in [9.17, 15) is 9.59 Å². The van der Waals surface area contributed by atoms with Crippen LogP contribution in [0.3, 0.4) is 0 Å². The number of nitrogens with zero attached hydrogens (tertiary/aromatic N) is 2. The average molecular weight is 371 g/mol. The zero-order valence-corrected chi connectivity index (χ0v) is 15.5. The van der Waals surface area contributed by atoms with Crippen LogP contribution in [-0.2, 0) is 6.54 Å². The van der Waals surface area contributed by atoms with Crippen LogP contribution >= 0.6 is 11.3 Å². The van der Waals surface area contributed by atoms with E-state index in [1.54, 1.807) is 41.8 Å². The fraction of sp³-hybridized carbons (Fsp3) is 0.263. The molecule has 0 saturated heterocycles. The Morgan fingerprint density at radius 2 is 2.12 bits per heavy atom. The number of rotatable bonds is 7. The van der Waals surface area contributed by atoms with Gasteiger partial charge in [0.15, 0.2) is 5.76 Å². The van der Waals surface area contributed by atoms with Gasteiger partial charge in [0, 0.05) is 18.8 Å². The van der Waals surface area contributed by atoms with Crippen molar-refractivity contribution in [1.29, 1.82) is 0 Å². The number of pyridine rings is 1. The van der Waals surface area contributed by atoms with Gasteiger partial charge < -0.3 is 19.2 Å². The first-order valence-electron chi connectivity index (χ1n) is 8.25. The highest BCUT2D eigenvalue weighted by atomic mass is 32.1. The van der Waals surface area contributed by atoms with Crippen LogP contribution in [-0.4, -0.2) is 36.0 Å². The minimum atomic E-state index is -0.265. The molecule has 1 unspecified atom stereocenters. The summed E-state index contributed by atoms with van der Waals surface area (Å²) in [7, 11) is 3.97. The van der Waals surface area contributed by atoms with Gasteiger partial charge in [0.1, 0.15) is 5.76 Å². The number of amides is 1. The highest BCUT2D eigenvalue weighted by Gasteiger charge is 2.18. The first-order chi connectivity index (χ1) is 12.5. The molecule has 0 bridgehead atoms. The van der Waals surface area contributed by atoms with E-state index in [-0.39, 0.29) is 23.3 Å². The number of carbonyl (C=O) groups is 1. The van der Waals surface area contributed by atoms with Crippen LogP contribution < -0.4 is 10.9 Å². The number of nitrogens with one attached hydrogen (secondary N) is 1. The molecule has 1 atom stereocenters. The highest BCUT2D eigenvalue weighted by Crippen LogP contribution is 2.20. The standard InChI is InChI=1S/C19H21N3O3S/c1-21(2)16(14-8-10-26-13-14)11-20-19(24)17-7-6-15(25-17)12-22-9-4-3-5-18(22)23/h3-10,13,16H,11-12H2,1-2H3,(H,20,24). The van der Waals surface area contributed by atoms with Crippen molar-refractivity contribution < 1.29 is 9.21 Å². The van der Waals surface area contributed by atoms with Crippen molar-refractivity contribution in [3.8, 4) is 0 Å². The number of thiophene rings is 1. The molecule has 136 valence electrons. The minimum absolute atomic E-state index is 0.0996. The van der Waals surface area contributed by atoms with E-state index in [1.807, 2.05) is 19.5 Å². The molecule has 26 heavy (non-hydrogen) atoms. The SMILES string of the molecule is CN(C)C(CNC(=O)c1ccc(Cn2ccccc2=O)o1)c1ccsc1. The molecule has 0 fully saturated rings. The molecule has 0 aromatic carbocycles. The van der Waals surface area contributed by atoms with Gasteiger partial charge in [-0.3, -0.25) is 9.59 Å². The topological polar surface area (TPSA) is 67.5 Å². The second-order valence-electron chi connectivity index (χ2n) is 6.18. The Kier molecular flexibility index (Phi) is 5.70. The summed E-state index contributed by atoms with van der Waals surface area (Å²) in [6.45, 7) is 0.777. The molecule has 1 N–H and O–H groups in total. The van der Waals surface area contributed by atoms with Gasteiger partial charge in [-0.15, -0.1) is 0 Å². The summed E-state index contributed by atoms with van der Waals surface area (Å²) in [5.41, 5.74) is 1.06. The van der Waals surface area contributed by atoms with Gasteiger partial charge in [0.05, 0.1) is 12.6 Å². The van der Waals surface area contributed by atoms with E-state index in [4.69, 9.17) is 4.42 Å². The van der Waals surface area contributed by atoms with Crippen molar-refractivity contribution in [1.82, 2.24) is 14.8 Å². The normalized spacial score (nSPS) is 12.3. The molecular weight excluding hydrogens is 350 g/mol. The molecular formula is C19H21N3O3S. The summed E-state index contributed by atoms with van der Waals surface area (Å²) >= 11 is 1.64. The molecule has 0 spiro atoms. The summed E-state index contributed by atoms with van der Waals surface area (Å²) in [5.74, 6) is 0.538. The van der Waals surface area contributed by atoms with Crippen LogP contribution in [0.15, 0.2) is 62.6 Å². The number of hydrogen-bond donors (Lipinski definition) is 1. The van der Waals surface area contributed by atoms with Gasteiger partial charge in [0.2, 0.25) is 0 Å². The molecule has 3 heterocycles. The summed E-state index contributed by atoms with van der Waals surface area (Å²) in [6.07, 6.45) is 1.69. The summed E-state index contributed by atoms with van der Waals surface area (Å²) < 4.78 is 7.13. The molecule has 0 aliphatic carbocycles. The van der Waals surface area contributed by atoms with Crippen molar-refractivity contribution in [3.63, 3.8) is 0 Å². The third kappa shape index (κ3) is 4.30. The molecule has 0 saturated carbocycles. The van der Waals surface area contributed by atoms with Crippen LogP contribution in [0.2, 0.25) is 0 Å².